The molecule has 2 aromatic rings. The van der Waals surface area contributed by atoms with E-state index in [2.05, 4.69) is 4.98 Å². The Morgan fingerprint density at radius 1 is 1.21 bits per heavy atom. The van der Waals surface area contributed by atoms with Crippen LogP contribution in [0.2, 0.25) is 0 Å². The monoisotopic (exact) mass is 336 g/mol. The molecule has 126 valence electrons. The highest BCUT2D eigenvalue weighted by Crippen LogP contribution is 2.30. The van der Waals surface area contributed by atoms with Crippen LogP contribution in [-0.4, -0.2) is 35.0 Å². The summed E-state index contributed by atoms with van der Waals surface area (Å²) in [7, 11) is 0. The van der Waals surface area contributed by atoms with E-state index in [-0.39, 0.29) is 11.7 Å². The number of pyridine rings is 1. The molecule has 24 heavy (non-hydrogen) atoms. The van der Waals surface area contributed by atoms with Crippen molar-refractivity contribution in [1.82, 2.24) is 9.88 Å². The number of ether oxygens (including phenoxy) is 1. The minimum atomic E-state index is -4.46. The normalized spacial score (nSPS) is 17.8. The van der Waals surface area contributed by atoms with Crippen LogP contribution in [-0.2, 0) is 6.18 Å². The van der Waals surface area contributed by atoms with Crippen LogP contribution < -0.4 is 4.74 Å². The molecule has 0 radical (unpaired) electrons. The average molecular weight is 336 g/mol. The topological polar surface area (TPSA) is 42.4 Å². The van der Waals surface area contributed by atoms with E-state index in [9.17, 15) is 18.0 Å². The minimum absolute atomic E-state index is 0.0365. The summed E-state index contributed by atoms with van der Waals surface area (Å²) in [5.74, 6) is 0.241. The van der Waals surface area contributed by atoms with Crippen molar-refractivity contribution in [3.05, 3.63) is 59.9 Å². The van der Waals surface area contributed by atoms with E-state index in [1.165, 1.54) is 17.0 Å². The number of nitrogens with zero attached hydrogens (tertiary/aromatic N) is 2. The first-order chi connectivity index (χ1) is 11.4. The SMILES string of the molecule is O=C(c1cccc(C(F)(F)F)c1)N1CCC(Oc2ccncc2)C1. The van der Waals surface area contributed by atoms with Crippen LogP contribution >= 0.6 is 0 Å². The molecule has 1 aliphatic heterocycles. The number of rotatable bonds is 3. The van der Waals surface area contributed by atoms with Crippen molar-refractivity contribution in [3.8, 4) is 5.75 Å². The van der Waals surface area contributed by atoms with Crippen LogP contribution in [0, 0.1) is 0 Å². The van der Waals surface area contributed by atoms with E-state index >= 15 is 0 Å². The third kappa shape index (κ3) is 3.67. The van der Waals surface area contributed by atoms with Gasteiger partial charge in [-0.1, -0.05) is 6.07 Å². The van der Waals surface area contributed by atoms with Gasteiger partial charge in [-0.05, 0) is 30.3 Å². The lowest BCUT2D eigenvalue weighted by Crippen LogP contribution is -2.31. The molecular weight excluding hydrogens is 321 g/mol. The number of hydrogen-bond acceptors (Lipinski definition) is 3. The Morgan fingerprint density at radius 2 is 1.96 bits per heavy atom. The molecule has 4 nitrogen and oxygen atoms in total. The molecule has 2 heterocycles. The van der Waals surface area contributed by atoms with Gasteiger partial charge in [-0.2, -0.15) is 13.2 Å². The van der Waals surface area contributed by atoms with Gasteiger partial charge in [0.05, 0.1) is 12.1 Å². The zero-order valence-electron chi connectivity index (χ0n) is 12.7. The Bertz CT molecular complexity index is 719. The molecule has 1 aromatic heterocycles. The minimum Gasteiger partial charge on any atom is -0.488 e. The molecule has 7 heteroatoms. The second kappa shape index (κ2) is 6.51. The Labute approximate surface area is 136 Å². The molecular formula is C17H15F3N2O2. The molecule has 1 fully saturated rings. The summed E-state index contributed by atoms with van der Waals surface area (Å²) in [5, 5.41) is 0. The number of likely N-dealkylation sites (tertiary alicyclic amines) is 1. The number of benzene rings is 1. The molecule has 1 atom stereocenters. The zero-order valence-corrected chi connectivity index (χ0v) is 12.7. The van der Waals surface area contributed by atoms with Gasteiger partial charge in [0.2, 0.25) is 0 Å². The molecule has 1 aromatic carbocycles. The lowest BCUT2D eigenvalue weighted by molar-refractivity contribution is -0.137. The van der Waals surface area contributed by atoms with E-state index in [4.69, 9.17) is 4.74 Å². The van der Waals surface area contributed by atoms with Crippen LogP contribution in [0.25, 0.3) is 0 Å². The number of halogens is 3. The van der Waals surface area contributed by atoms with Crippen LogP contribution in [0.15, 0.2) is 48.8 Å². The number of amides is 1. The first-order valence-corrected chi connectivity index (χ1v) is 7.47. The highest BCUT2D eigenvalue weighted by Gasteiger charge is 2.32. The first-order valence-electron chi connectivity index (χ1n) is 7.47. The molecule has 0 saturated carbocycles. The maximum atomic E-state index is 12.8. The van der Waals surface area contributed by atoms with Crippen molar-refractivity contribution in [2.45, 2.75) is 18.7 Å². The smallest absolute Gasteiger partial charge is 0.416 e. The van der Waals surface area contributed by atoms with Gasteiger partial charge < -0.3 is 9.64 Å². The van der Waals surface area contributed by atoms with Crippen molar-refractivity contribution >= 4 is 5.91 Å². The number of carbonyl (C=O) groups excluding carboxylic acids is 1. The summed E-state index contributed by atoms with van der Waals surface area (Å²) < 4.78 is 44.0. The van der Waals surface area contributed by atoms with Crippen LogP contribution in [0.3, 0.4) is 0 Å². The fourth-order valence-electron chi connectivity index (χ4n) is 2.63. The van der Waals surface area contributed by atoms with Gasteiger partial charge in [0.1, 0.15) is 11.9 Å². The Balaban J connectivity index is 1.66. The fourth-order valence-corrected chi connectivity index (χ4v) is 2.63. The molecule has 0 N–H and O–H groups in total. The first kappa shape index (κ1) is 16.3. The molecule has 1 aliphatic rings. The van der Waals surface area contributed by atoms with Crippen LogP contribution in [0.4, 0.5) is 13.2 Å². The van der Waals surface area contributed by atoms with Crippen molar-refractivity contribution in [3.63, 3.8) is 0 Å². The second-order valence-electron chi connectivity index (χ2n) is 5.54. The number of aromatic nitrogens is 1. The van der Waals surface area contributed by atoms with Gasteiger partial charge in [-0.15, -0.1) is 0 Å². The van der Waals surface area contributed by atoms with E-state index in [1.54, 1.807) is 24.5 Å². The summed E-state index contributed by atoms with van der Waals surface area (Å²) in [5.41, 5.74) is -0.786. The van der Waals surface area contributed by atoms with Gasteiger partial charge in [-0.3, -0.25) is 9.78 Å². The van der Waals surface area contributed by atoms with Gasteiger partial charge in [0, 0.05) is 30.9 Å². The summed E-state index contributed by atoms with van der Waals surface area (Å²) in [6.07, 6.45) is -0.797. The van der Waals surface area contributed by atoms with E-state index in [0.717, 1.165) is 12.1 Å². The van der Waals surface area contributed by atoms with E-state index in [1.807, 2.05) is 0 Å². The van der Waals surface area contributed by atoms with Crippen LogP contribution in [0.1, 0.15) is 22.3 Å². The van der Waals surface area contributed by atoms with Gasteiger partial charge >= 0.3 is 6.18 Å². The third-order valence-corrected chi connectivity index (χ3v) is 3.82. The van der Waals surface area contributed by atoms with Crippen molar-refractivity contribution in [1.29, 1.82) is 0 Å². The maximum Gasteiger partial charge on any atom is 0.416 e. The Hall–Kier alpha value is -2.57. The molecule has 1 unspecified atom stereocenters. The Morgan fingerprint density at radius 3 is 2.67 bits per heavy atom. The Kier molecular flexibility index (Phi) is 4.42. The average Bonchev–Trinajstić information content (AvgIpc) is 3.03. The predicted octanol–water partition coefficient (Wildman–Crippen LogP) is 3.39. The number of hydrogen-bond donors (Lipinski definition) is 0. The predicted molar refractivity (Wildman–Crippen MR) is 80.6 cm³/mol. The molecule has 0 aliphatic carbocycles. The lowest BCUT2D eigenvalue weighted by atomic mass is 10.1. The molecule has 0 spiro atoms. The molecule has 0 bridgehead atoms. The number of alkyl halides is 3. The van der Waals surface area contributed by atoms with Gasteiger partial charge in [-0.25, -0.2) is 0 Å². The third-order valence-electron chi connectivity index (χ3n) is 3.82. The summed E-state index contributed by atoms with van der Waals surface area (Å²) in [4.78, 5) is 17.8. The van der Waals surface area contributed by atoms with Gasteiger partial charge in [0.25, 0.3) is 5.91 Å². The van der Waals surface area contributed by atoms with Crippen LogP contribution in [0.5, 0.6) is 5.75 Å². The molecule has 1 amide bonds. The lowest BCUT2D eigenvalue weighted by Gasteiger charge is -2.18. The van der Waals surface area contributed by atoms with Crippen molar-refractivity contribution in [2.75, 3.05) is 13.1 Å². The zero-order chi connectivity index (χ0) is 17.2. The van der Waals surface area contributed by atoms with E-state index < -0.39 is 17.6 Å². The quantitative estimate of drug-likeness (QED) is 0.863. The maximum absolute atomic E-state index is 12.8. The van der Waals surface area contributed by atoms with E-state index in [0.29, 0.717) is 25.3 Å². The fraction of sp³-hybridized carbons (Fsp3) is 0.294. The highest BCUT2D eigenvalue weighted by molar-refractivity contribution is 5.94. The number of carbonyl (C=O) groups is 1. The summed E-state index contributed by atoms with van der Waals surface area (Å²) in [6, 6.07) is 7.93. The second-order valence-corrected chi connectivity index (χ2v) is 5.54. The largest absolute Gasteiger partial charge is 0.488 e. The van der Waals surface area contributed by atoms with Crippen molar-refractivity contribution < 1.29 is 22.7 Å². The van der Waals surface area contributed by atoms with Crippen molar-refractivity contribution in [2.24, 2.45) is 0 Å². The summed E-state index contributed by atoms with van der Waals surface area (Å²) in [6.45, 7) is 0.794. The highest BCUT2D eigenvalue weighted by atomic mass is 19.4. The molecule has 3 rings (SSSR count). The standard InChI is InChI=1S/C17H15F3N2O2/c18-17(19,20)13-3-1-2-12(10-13)16(23)22-9-6-15(11-22)24-14-4-7-21-8-5-14/h1-5,7-8,10,15H,6,9,11H2. The summed E-state index contributed by atoms with van der Waals surface area (Å²) >= 11 is 0. The van der Waals surface area contributed by atoms with Gasteiger partial charge in [0.15, 0.2) is 0 Å². The molecule has 1 saturated heterocycles.